The van der Waals surface area contributed by atoms with Gasteiger partial charge in [0.25, 0.3) is 0 Å². The van der Waals surface area contributed by atoms with Crippen molar-refractivity contribution in [3.05, 3.63) is 46.8 Å². The fraction of sp³-hybridized carbons (Fsp3) is 0.409. The van der Waals surface area contributed by atoms with Gasteiger partial charge in [-0.25, -0.2) is 19.3 Å². The molecule has 0 spiro atoms. The van der Waals surface area contributed by atoms with Crippen LogP contribution in [0.4, 0.5) is 0 Å². The highest BCUT2D eigenvalue weighted by molar-refractivity contribution is 5.80. The number of rotatable bonds is 5. The van der Waals surface area contributed by atoms with Gasteiger partial charge in [-0.15, -0.1) is 0 Å². The van der Waals surface area contributed by atoms with Crippen molar-refractivity contribution in [3.63, 3.8) is 0 Å². The maximum atomic E-state index is 13.5. The van der Waals surface area contributed by atoms with Crippen LogP contribution in [-0.2, 0) is 6.54 Å². The zero-order valence-corrected chi connectivity index (χ0v) is 18.2. The summed E-state index contributed by atoms with van der Waals surface area (Å²) in [4.78, 5) is 25.0. The van der Waals surface area contributed by atoms with E-state index in [2.05, 4.69) is 26.4 Å². The molecule has 0 radical (unpaired) electrons. The molecule has 0 saturated carbocycles. The molecule has 10 nitrogen and oxygen atoms in total. The normalized spacial score (nSPS) is 16.8. The van der Waals surface area contributed by atoms with E-state index >= 15 is 0 Å². The van der Waals surface area contributed by atoms with E-state index in [-0.39, 0.29) is 11.7 Å². The van der Waals surface area contributed by atoms with E-state index in [1.54, 1.807) is 39.8 Å². The third-order valence-corrected chi connectivity index (χ3v) is 6.00. The summed E-state index contributed by atoms with van der Waals surface area (Å²) < 4.78 is 5.30. The molecule has 0 aliphatic carbocycles. The molecule has 164 valence electrons. The Labute approximate surface area is 184 Å². The molecule has 0 bridgehead atoms. The zero-order valence-electron chi connectivity index (χ0n) is 18.2. The minimum Gasteiger partial charge on any atom is -0.315 e. The highest BCUT2D eigenvalue weighted by Gasteiger charge is 2.24. The van der Waals surface area contributed by atoms with E-state index in [0.717, 1.165) is 49.1 Å². The first-order chi connectivity index (χ1) is 15.6. The summed E-state index contributed by atoms with van der Waals surface area (Å²) in [6.45, 7) is 3.03. The summed E-state index contributed by atoms with van der Waals surface area (Å²) in [7, 11) is 3.98. The summed E-state index contributed by atoms with van der Waals surface area (Å²) in [6, 6.07) is 5.70. The first kappa shape index (κ1) is 20.4. The zero-order chi connectivity index (χ0) is 22.2. The van der Waals surface area contributed by atoms with E-state index in [4.69, 9.17) is 4.98 Å². The SMILES string of the molecule is CN(C)CCn1c(=O)n(C2CCCNC2)c2nc(-c3cnn4ccc(C#N)cc34)ncc21. The number of aromatic nitrogens is 6. The van der Waals surface area contributed by atoms with Gasteiger partial charge in [-0.2, -0.15) is 10.4 Å². The summed E-state index contributed by atoms with van der Waals surface area (Å²) in [5, 5.41) is 17.1. The highest BCUT2D eigenvalue weighted by Crippen LogP contribution is 2.26. The number of piperidine rings is 1. The quantitative estimate of drug-likeness (QED) is 0.507. The first-order valence-electron chi connectivity index (χ1n) is 10.8. The van der Waals surface area contributed by atoms with Crippen LogP contribution in [0.3, 0.4) is 0 Å². The van der Waals surface area contributed by atoms with Crippen molar-refractivity contribution in [2.75, 3.05) is 33.7 Å². The molecule has 5 rings (SSSR count). The Morgan fingerprint density at radius 2 is 2.19 bits per heavy atom. The molecule has 10 heteroatoms. The summed E-state index contributed by atoms with van der Waals surface area (Å²) in [5.41, 5.74) is 3.35. The smallest absolute Gasteiger partial charge is 0.315 e. The molecule has 1 aliphatic heterocycles. The largest absolute Gasteiger partial charge is 0.330 e. The number of imidazole rings is 1. The number of nitriles is 1. The van der Waals surface area contributed by atoms with Gasteiger partial charge in [0.1, 0.15) is 5.52 Å². The summed E-state index contributed by atoms with van der Waals surface area (Å²) in [6.07, 6.45) is 7.13. The number of hydrogen-bond donors (Lipinski definition) is 1. The Morgan fingerprint density at radius 3 is 2.94 bits per heavy atom. The molecule has 0 aromatic carbocycles. The Kier molecular flexibility index (Phi) is 5.20. The number of nitrogens with zero attached hydrogens (tertiary/aromatic N) is 8. The molecule has 32 heavy (non-hydrogen) atoms. The second-order valence-corrected chi connectivity index (χ2v) is 8.43. The van der Waals surface area contributed by atoms with Crippen molar-refractivity contribution >= 4 is 16.7 Å². The van der Waals surface area contributed by atoms with Gasteiger partial charge in [-0.1, -0.05) is 0 Å². The summed E-state index contributed by atoms with van der Waals surface area (Å²) in [5.74, 6) is 0.491. The second-order valence-electron chi connectivity index (χ2n) is 8.43. The fourth-order valence-electron chi connectivity index (χ4n) is 4.31. The van der Waals surface area contributed by atoms with Crippen LogP contribution in [0, 0.1) is 11.3 Å². The monoisotopic (exact) mass is 431 g/mol. The van der Waals surface area contributed by atoms with Crippen molar-refractivity contribution in [3.8, 4) is 17.5 Å². The molecule has 4 aromatic rings. The number of hydrogen-bond acceptors (Lipinski definition) is 7. The van der Waals surface area contributed by atoms with Crippen LogP contribution < -0.4 is 11.0 Å². The van der Waals surface area contributed by atoms with Gasteiger partial charge in [0.15, 0.2) is 11.5 Å². The Morgan fingerprint density at radius 1 is 1.31 bits per heavy atom. The maximum absolute atomic E-state index is 13.5. The van der Waals surface area contributed by atoms with Crippen LogP contribution in [0.2, 0.25) is 0 Å². The molecule has 0 amide bonds. The molecule has 1 saturated heterocycles. The molecule has 5 heterocycles. The van der Waals surface area contributed by atoms with Crippen LogP contribution in [0.5, 0.6) is 0 Å². The van der Waals surface area contributed by atoms with E-state index in [9.17, 15) is 10.1 Å². The van der Waals surface area contributed by atoms with Crippen molar-refractivity contribution in [2.45, 2.75) is 25.4 Å². The number of nitrogens with one attached hydrogen (secondary N) is 1. The topological polar surface area (TPSA) is 109 Å². The van der Waals surface area contributed by atoms with Crippen molar-refractivity contribution in [1.82, 2.24) is 38.9 Å². The Balaban J connectivity index is 1.69. The van der Waals surface area contributed by atoms with Gasteiger partial charge in [-0.05, 0) is 45.6 Å². The predicted molar refractivity (Wildman–Crippen MR) is 120 cm³/mol. The number of likely N-dealkylation sites (N-methyl/N-ethyl adjacent to an activating group) is 1. The molecule has 1 aliphatic rings. The van der Waals surface area contributed by atoms with Crippen molar-refractivity contribution in [2.24, 2.45) is 0 Å². The molecule has 1 N–H and O–H groups in total. The highest BCUT2D eigenvalue weighted by atomic mass is 16.1. The standard InChI is InChI=1S/C22H25N9O/c1-28(2)8-9-29-19-14-25-20(17-13-26-30-7-5-15(11-23)10-18(17)30)27-21(19)31(22(29)32)16-4-3-6-24-12-16/h5,7,10,13-14,16,24H,3-4,6,8-9,12H2,1-2H3. The molecule has 1 atom stereocenters. The third-order valence-electron chi connectivity index (χ3n) is 6.00. The number of fused-ring (bicyclic) bond motifs is 2. The van der Waals surface area contributed by atoms with Crippen molar-refractivity contribution < 1.29 is 0 Å². The lowest BCUT2D eigenvalue weighted by atomic mass is 10.1. The molecular weight excluding hydrogens is 406 g/mol. The first-order valence-corrected chi connectivity index (χ1v) is 10.8. The van der Waals surface area contributed by atoms with E-state index < -0.39 is 0 Å². The lowest BCUT2D eigenvalue weighted by Gasteiger charge is -2.23. The van der Waals surface area contributed by atoms with E-state index in [1.807, 2.05) is 18.7 Å². The van der Waals surface area contributed by atoms with Gasteiger partial charge < -0.3 is 10.2 Å². The van der Waals surface area contributed by atoms with E-state index in [1.165, 1.54) is 0 Å². The maximum Gasteiger partial charge on any atom is 0.330 e. The average molecular weight is 432 g/mol. The second kappa shape index (κ2) is 8.18. The third kappa shape index (κ3) is 3.45. The van der Waals surface area contributed by atoms with Crippen molar-refractivity contribution in [1.29, 1.82) is 5.26 Å². The van der Waals surface area contributed by atoms with Crippen LogP contribution in [0.1, 0.15) is 24.4 Å². The summed E-state index contributed by atoms with van der Waals surface area (Å²) >= 11 is 0. The number of pyridine rings is 1. The molecule has 1 fully saturated rings. The lowest BCUT2D eigenvalue weighted by molar-refractivity contribution is 0.357. The fourth-order valence-corrected chi connectivity index (χ4v) is 4.31. The van der Waals surface area contributed by atoms with Crippen LogP contribution in [0.25, 0.3) is 28.1 Å². The molecule has 4 aromatic heterocycles. The van der Waals surface area contributed by atoms with Gasteiger partial charge in [-0.3, -0.25) is 9.13 Å². The predicted octanol–water partition coefficient (Wildman–Crippen LogP) is 1.27. The van der Waals surface area contributed by atoms with Crippen LogP contribution >= 0.6 is 0 Å². The van der Waals surface area contributed by atoms with Crippen LogP contribution in [0.15, 0.2) is 35.5 Å². The lowest BCUT2D eigenvalue weighted by Crippen LogP contribution is -2.37. The van der Waals surface area contributed by atoms with E-state index in [0.29, 0.717) is 23.6 Å². The minimum atomic E-state index is -0.0476. The minimum absolute atomic E-state index is 0.0476. The Bertz CT molecular complexity index is 1380. The Hall–Kier alpha value is -3.55. The van der Waals surface area contributed by atoms with Gasteiger partial charge >= 0.3 is 5.69 Å². The van der Waals surface area contributed by atoms with Crippen LogP contribution in [-0.4, -0.2) is 67.3 Å². The molecular formula is C22H25N9O. The molecule has 1 unspecified atom stereocenters. The van der Waals surface area contributed by atoms with Gasteiger partial charge in [0, 0.05) is 25.8 Å². The van der Waals surface area contributed by atoms with Gasteiger partial charge in [0.2, 0.25) is 0 Å². The average Bonchev–Trinajstić information content (AvgIpc) is 3.35. The van der Waals surface area contributed by atoms with Gasteiger partial charge in [0.05, 0.1) is 41.1 Å².